The lowest BCUT2D eigenvalue weighted by atomic mass is 10.3. The molecule has 0 aliphatic heterocycles. The van der Waals surface area contributed by atoms with E-state index in [4.69, 9.17) is 21.7 Å². The molecule has 6 N–H and O–H groups in total. The summed E-state index contributed by atoms with van der Waals surface area (Å²) in [6.45, 7) is -0.673. The van der Waals surface area contributed by atoms with Crippen LogP contribution >= 0.6 is 0 Å². The third-order valence-electron chi connectivity index (χ3n) is 1.24. The Labute approximate surface area is 74.3 Å². The number of rotatable bonds is 5. The molecule has 0 saturated heterocycles. The normalized spacial score (nSPS) is 14.7. The van der Waals surface area contributed by atoms with E-state index in [0.29, 0.717) is 0 Å². The first-order valence-corrected chi connectivity index (χ1v) is 3.54. The van der Waals surface area contributed by atoms with Gasteiger partial charge in [0.05, 0.1) is 0 Å². The number of nitrogens with two attached hydrogens (primary N) is 2. The molecule has 7 heteroatoms. The molecule has 0 spiro atoms. The number of aliphatic carboxylic acids is 1. The molecule has 0 aliphatic carbocycles. The van der Waals surface area contributed by atoms with Crippen molar-refractivity contribution in [1.29, 1.82) is 0 Å². The Morgan fingerprint density at radius 1 is 1.31 bits per heavy atom. The smallest absolute Gasteiger partial charge is 0.346 e. The summed E-state index contributed by atoms with van der Waals surface area (Å²) in [5.74, 6) is -2.44. The maximum atomic E-state index is 10.8. The Hall–Kier alpha value is -1.18. The van der Waals surface area contributed by atoms with Crippen molar-refractivity contribution in [2.24, 2.45) is 11.5 Å². The SMILES string of the molecule is NC[C@@H](O)C(=O)O[C@H](CN)C(=O)O. The topological polar surface area (TPSA) is 136 Å². The van der Waals surface area contributed by atoms with Crippen LogP contribution in [0.25, 0.3) is 0 Å². The fraction of sp³-hybridized carbons (Fsp3) is 0.667. The van der Waals surface area contributed by atoms with Crippen LogP contribution in [0.5, 0.6) is 0 Å². The third-order valence-corrected chi connectivity index (χ3v) is 1.24. The van der Waals surface area contributed by atoms with Gasteiger partial charge in [0.2, 0.25) is 6.10 Å². The van der Waals surface area contributed by atoms with Crippen molar-refractivity contribution < 1.29 is 24.5 Å². The van der Waals surface area contributed by atoms with Crippen LogP contribution in [0, 0.1) is 0 Å². The average Bonchev–Trinajstić information content (AvgIpc) is 2.11. The number of carbonyl (C=O) groups is 2. The van der Waals surface area contributed by atoms with Crippen LogP contribution < -0.4 is 11.5 Å². The van der Waals surface area contributed by atoms with Crippen LogP contribution in [-0.2, 0) is 14.3 Å². The lowest BCUT2D eigenvalue weighted by Crippen LogP contribution is -2.39. The van der Waals surface area contributed by atoms with E-state index in [2.05, 4.69) is 4.74 Å². The van der Waals surface area contributed by atoms with Crippen molar-refractivity contribution in [2.45, 2.75) is 12.2 Å². The second-order valence-corrected chi connectivity index (χ2v) is 2.25. The molecule has 0 radical (unpaired) electrons. The van der Waals surface area contributed by atoms with Gasteiger partial charge in [-0.3, -0.25) is 0 Å². The Morgan fingerprint density at radius 2 is 1.85 bits per heavy atom. The maximum Gasteiger partial charge on any atom is 0.346 e. The number of hydrogen-bond donors (Lipinski definition) is 4. The monoisotopic (exact) mass is 192 g/mol. The van der Waals surface area contributed by atoms with Gasteiger partial charge >= 0.3 is 11.9 Å². The summed E-state index contributed by atoms with van der Waals surface area (Å²) in [5, 5.41) is 17.2. The zero-order chi connectivity index (χ0) is 10.4. The highest BCUT2D eigenvalue weighted by molar-refractivity contribution is 5.80. The first-order chi connectivity index (χ1) is 6.02. The van der Waals surface area contributed by atoms with Crippen LogP contribution in [0.2, 0.25) is 0 Å². The second kappa shape index (κ2) is 5.46. The first kappa shape index (κ1) is 11.8. The molecule has 0 unspecified atom stereocenters. The van der Waals surface area contributed by atoms with E-state index in [1.165, 1.54) is 0 Å². The van der Waals surface area contributed by atoms with Crippen molar-refractivity contribution in [3.63, 3.8) is 0 Å². The number of carboxylic acids is 1. The van der Waals surface area contributed by atoms with E-state index in [0.717, 1.165) is 0 Å². The van der Waals surface area contributed by atoms with Crippen molar-refractivity contribution in [1.82, 2.24) is 0 Å². The molecule has 76 valence electrons. The van der Waals surface area contributed by atoms with Crippen molar-refractivity contribution in [3.05, 3.63) is 0 Å². The van der Waals surface area contributed by atoms with E-state index in [-0.39, 0.29) is 13.1 Å². The number of aliphatic hydroxyl groups is 1. The number of aliphatic hydroxyl groups excluding tert-OH is 1. The average molecular weight is 192 g/mol. The summed E-state index contributed by atoms with van der Waals surface area (Å²) in [5.41, 5.74) is 9.93. The highest BCUT2D eigenvalue weighted by atomic mass is 16.6. The minimum atomic E-state index is -1.51. The molecule has 0 rings (SSSR count). The summed E-state index contributed by atoms with van der Waals surface area (Å²) in [7, 11) is 0. The summed E-state index contributed by atoms with van der Waals surface area (Å²) >= 11 is 0. The van der Waals surface area contributed by atoms with E-state index in [9.17, 15) is 9.59 Å². The summed E-state index contributed by atoms with van der Waals surface area (Å²) in [4.78, 5) is 21.1. The Kier molecular flexibility index (Phi) is 4.97. The van der Waals surface area contributed by atoms with E-state index >= 15 is 0 Å². The van der Waals surface area contributed by atoms with E-state index in [1.54, 1.807) is 0 Å². The van der Waals surface area contributed by atoms with Gasteiger partial charge in [-0.05, 0) is 0 Å². The molecule has 2 atom stereocenters. The molecule has 0 aromatic rings. The molecule has 0 heterocycles. The Bertz CT molecular complexity index is 195. The van der Waals surface area contributed by atoms with Gasteiger partial charge in [0, 0.05) is 13.1 Å². The molecule has 7 nitrogen and oxygen atoms in total. The van der Waals surface area contributed by atoms with Crippen LogP contribution in [0.3, 0.4) is 0 Å². The highest BCUT2D eigenvalue weighted by Gasteiger charge is 2.24. The third kappa shape index (κ3) is 3.83. The fourth-order valence-corrected chi connectivity index (χ4v) is 0.514. The summed E-state index contributed by atoms with van der Waals surface area (Å²) in [6, 6.07) is 0. The second-order valence-electron chi connectivity index (χ2n) is 2.25. The van der Waals surface area contributed by atoms with E-state index in [1.807, 2.05) is 0 Å². The number of ether oxygens (including phenoxy) is 1. The first-order valence-electron chi connectivity index (χ1n) is 3.54. The standard InChI is InChI=1S/C6H12N2O5/c7-1-3(9)6(12)13-4(2-8)5(10)11/h3-4,9H,1-2,7-8H2,(H,10,11)/t3-,4-/m1/s1. The van der Waals surface area contributed by atoms with Gasteiger partial charge in [0.15, 0.2) is 6.10 Å². The molecule has 0 aromatic carbocycles. The number of hydrogen-bond acceptors (Lipinski definition) is 6. The predicted molar refractivity (Wildman–Crippen MR) is 41.6 cm³/mol. The molecule has 0 bridgehead atoms. The highest BCUT2D eigenvalue weighted by Crippen LogP contribution is 1.94. The van der Waals surface area contributed by atoms with Crippen molar-refractivity contribution in [2.75, 3.05) is 13.1 Å². The molecule has 0 aromatic heterocycles. The quantitative estimate of drug-likeness (QED) is 0.347. The van der Waals surface area contributed by atoms with Crippen molar-refractivity contribution >= 4 is 11.9 Å². The molecule has 0 fully saturated rings. The van der Waals surface area contributed by atoms with Gasteiger partial charge in [-0.15, -0.1) is 0 Å². The number of carboxylic acid groups (broad SMARTS) is 1. The summed E-state index contributed by atoms with van der Waals surface area (Å²) < 4.78 is 4.32. The van der Waals surface area contributed by atoms with Gasteiger partial charge in [0.25, 0.3) is 0 Å². The zero-order valence-corrected chi connectivity index (χ0v) is 6.84. The minimum Gasteiger partial charge on any atom is -0.478 e. The zero-order valence-electron chi connectivity index (χ0n) is 6.84. The summed E-state index contributed by atoms with van der Waals surface area (Å²) in [6.07, 6.45) is -2.94. The van der Waals surface area contributed by atoms with Gasteiger partial charge in [0.1, 0.15) is 0 Å². The molecule has 0 aliphatic rings. The van der Waals surface area contributed by atoms with Crippen LogP contribution in [-0.4, -0.2) is 47.4 Å². The molecule has 0 amide bonds. The maximum absolute atomic E-state index is 10.8. The fourth-order valence-electron chi connectivity index (χ4n) is 0.514. The van der Waals surface area contributed by atoms with Crippen LogP contribution in [0.4, 0.5) is 0 Å². The largest absolute Gasteiger partial charge is 0.478 e. The van der Waals surface area contributed by atoms with Gasteiger partial charge in [-0.25, -0.2) is 9.59 Å². The van der Waals surface area contributed by atoms with Gasteiger partial charge < -0.3 is 26.4 Å². The number of carbonyl (C=O) groups excluding carboxylic acids is 1. The molecular weight excluding hydrogens is 180 g/mol. The van der Waals surface area contributed by atoms with Gasteiger partial charge in [-0.2, -0.15) is 0 Å². The Balaban J connectivity index is 4.09. The predicted octanol–water partition coefficient (Wildman–Crippen LogP) is -2.74. The van der Waals surface area contributed by atoms with Crippen LogP contribution in [0.1, 0.15) is 0 Å². The molecule has 0 saturated carbocycles. The van der Waals surface area contributed by atoms with Crippen molar-refractivity contribution in [3.8, 4) is 0 Å². The minimum absolute atomic E-state index is 0.324. The van der Waals surface area contributed by atoms with E-state index < -0.39 is 24.1 Å². The van der Waals surface area contributed by atoms with Crippen LogP contribution in [0.15, 0.2) is 0 Å². The Morgan fingerprint density at radius 3 is 2.15 bits per heavy atom. The number of esters is 1. The molecule has 13 heavy (non-hydrogen) atoms. The molecular formula is C6H12N2O5. The lowest BCUT2D eigenvalue weighted by molar-refractivity contribution is -0.168. The van der Waals surface area contributed by atoms with Gasteiger partial charge in [-0.1, -0.05) is 0 Å². The lowest BCUT2D eigenvalue weighted by Gasteiger charge is -2.13.